The third kappa shape index (κ3) is 4.62. The fourth-order valence-electron chi connectivity index (χ4n) is 3.92. The molecule has 0 aliphatic carbocycles. The maximum Gasteiger partial charge on any atom is 0.425 e. The maximum atomic E-state index is 14.3. The second-order valence-electron chi connectivity index (χ2n) is 7.93. The number of nitrogens with zero attached hydrogens (tertiary/aromatic N) is 1. The summed E-state index contributed by atoms with van der Waals surface area (Å²) in [6.45, 7) is 1.55. The molecule has 1 aliphatic rings. The zero-order valence-corrected chi connectivity index (χ0v) is 19.3. The summed E-state index contributed by atoms with van der Waals surface area (Å²) >= 11 is 0. The Balaban J connectivity index is 2.06. The van der Waals surface area contributed by atoms with Gasteiger partial charge in [0.05, 0.1) is 14.2 Å². The van der Waals surface area contributed by atoms with E-state index in [1.54, 1.807) is 30.4 Å². The summed E-state index contributed by atoms with van der Waals surface area (Å²) in [6.07, 6.45) is -4.67. The number of methoxy groups -OCH3 is 2. The molecule has 13 heteroatoms. The van der Waals surface area contributed by atoms with Crippen LogP contribution < -0.4 is 31.4 Å². The third-order valence-corrected chi connectivity index (χ3v) is 5.73. The fourth-order valence-corrected chi connectivity index (χ4v) is 3.92. The van der Waals surface area contributed by atoms with Crippen molar-refractivity contribution < 1.29 is 32.2 Å². The average molecular weight is 498 g/mol. The fraction of sp³-hybridized carbons (Fsp3) is 0.455. The zero-order valence-electron chi connectivity index (χ0n) is 19.3. The lowest BCUT2D eigenvalue weighted by Gasteiger charge is -2.30. The van der Waals surface area contributed by atoms with E-state index in [2.05, 4.69) is 0 Å². The normalized spacial score (nSPS) is 17.0. The molecule has 3 N–H and O–H groups in total. The van der Waals surface area contributed by atoms with Gasteiger partial charge in [0.2, 0.25) is 11.4 Å². The lowest BCUT2D eigenvalue weighted by molar-refractivity contribution is -0.200. The van der Waals surface area contributed by atoms with Crippen molar-refractivity contribution >= 4 is 17.6 Å². The number of anilines is 1. The largest absolute Gasteiger partial charge is 0.493 e. The first-order valence-electron chi connectivity index (χ1n) is 10.8. The Morgan fingerprint density at radius 1 is 1.14 bits per heavy atom. The molecule has 2 aromatic rings. The summed E-state index contributed by atoms with van der Waals surface area (Å²) in [6, 6.07) is 4.92. The molecule has 0 spiro atoms. The predicted molar refractivity (Wildman–Crippen MR) is 119 cm³/mol. The molecule has 2 amide bonds. The number of hydrogen-bond acceptors (Lipinski definition) is 6. The Kier molecular flexibility index (Phi) is 7.27. The Bertz CT molecular complexity index is 1250. The van der Waals surface area contributed by atoms with E-state index < -0.39 is 46.2 Å². The molecule has 10 nitrogen and oxygen atoms in total. The minimum absolute atomic E-state index is 0.135. The Morgan fingerprint density at radius 2 is 1.83 bits per heavy atom. The minimum atomic E-state index is -5.36. The van der Waals surface area contributed by atoms with Gasteiger partial charge in [0.15, 0.2) is 11.5 Å². The number of unbranched alkanes of at least 4 members (excludes halogenated alkanes) is 1. The van der Waals surface area contributed by atoms with Gasteiger partial charge in [-0.25, -0.2) is 4.79 Å². The Morgan fingerprint density at radius 3 is 2.43 bits per heavy atom. The van der Waals surface area contributed by atoms with Gasteiger partial charge in [-0.05, 0) is 30.5 Å². The number of H-pyrrole nitrogens is 1. The first-order valence-corrected chi connectivity index (χ1v) is 10.8. The monoisotopic (exact) mass is 498 g/mol. The minimum Gasteiger partial charge on any atom is -0.493 e. The number of carbonyl (C=O) groups excluding carboxylic acids is 2. The highest BCUT2D eigenvalue weighted by atomic mass is 19.4. The SMILES string of the molecule is CCCCC(=O)N[C@]1(C(F)(F)F)C(=O)Nc2c1c(=O)[nH]c(=O)n2CCc1ccc(OC)c(OC)c1. The summed E-state index contributed by atoms with van der Waals surface area (Å²) in [5.41, 5.74) is -6.48. The highest BCUT2D eigenvalue weighted by Gasteiger charge is 2.68. The number of aryl methyl sites for hydroxylation is 1. The molecular weight excluding hydrogens is 473 g/mol. The molecule has 0 saturated carbocycles. The van der Waals surface area contributed by atoms with Crippen molar-refractivity contribution in [2.45, 2.75) is 50.9 Å². The van der Waals surface area contributed by atoms with E-state index in [1.165, 1.54) is 14.2 Å². The summed E-state index contributed by atoms with van der Waals surface area (Å²) < 4.78 is 54.1. The van der Waals surface area contributed by atoms with E-state index in [0.717, 1.165) is 4.57 Å². The number of amides is 2. The molecule has 1 aromatic carbocycles. The number of hydrogen-bond donors (Lipinski definition) is 3. The van der Waals surface area contributed by atoms with Crippen LogP contribution in [0.15, 0.2) is 27.8 Å². The molecule has 35 heavy (non-hydrogen) atoms. The van der Waals surface area contributed by atoms with Gasteiger partial charge in [0.1, 0.15) is 11.4 Å². The highest BCUT2D eigenvalue weighted by Crippen LogP contribution is 2.45. The summed E-state index contributed by atoms with van der Waals surface area (Å²) in [7, 11) is 2.89. The molecule has 0 unspecified atom stereocenters. The molecule has 1 aromatic heterocycles. The lowest BCUT2D eigenvalue weighted by atomic mass is 9.91. The van der Waals surface area contributed by atoms with Crippen LogP contribution in [0, 0.1) is 0 Å². The van der Waals surface area contributed by atoms with Gasteiger partial charge in [0, 0.05) is 13.0 Å². The van der Waals surface area contributed by atoms with Crippen molar-refractivity contribution in [1.29, 1.82) is 0 Å². The van der Waals surface area contributed by atoms with Crippen molar-refractivity contribution in [2.75, 3.05) is 19.5 Å². The molecule has 1 atom stereocenters. The van der Waals surface area contributed by atoms with Crippen molar-refractivity contribution in [3.05, 3.63) is 50.2 Å². The van der Waals surface area contributed by atoms with Gasteiger partial charge < -0.3 is 20.1 Å². The highest BCUT2D eigenvalue weighted by molar-refractivity contribution is 6.07. The van der Waals surface area contributed by atoms with E-state index in [0.29, 0.717) is 23.5 Å². The van der Waals surface area contributed by atoms with Crippen LogP contribution in [0.4, 0.5) is 19.0 Å². The van der Waals surface area contributed by atoms with Crippen LogP contribution in [0.2, 0.25) is 0 Å². The molecular formula is C22H25F3N4O6. The summed E-state index contributed by atoms with van der Waals surface area (Å²) in [4.78, 5) is 51.9. The number of fused-ring (bicyclic) bond motifs is 1. The van der Waals surface area contributed by atoms with E-state index in [9.17, 15) is 32.3 Å². The van der Waals surface area contributed by atoms with Crippen molar-refractivity contribution in [3.8, 4) is 11.5 Å². The molecule has 0 fully saturated rings. The van der Waals surface area contributed by atoms with Gasteiger partial charge >= 0.3 is 11.9 Å². The van der Waals surface area contributed by atoms with Gasteiger partial charge in [0.25, 0.3) is 11.5 Å². The second kappa shape index (κ2) is 9.84. The Labute approximate surface area is 197 Å². The first-order chi connectivity index (χ1) is 16.5. The van der Waals surface area contributed by atoms with Crippen molar-refractivity contribution in [1.82, 2.24) is 14.9 Å². The topological polar surface area (TPSA) is 132 Å². The van der Waals surface area contributed by atoms with Gasteiger partial charge in [-0.3, -0.25) is 23.9 Å². The van der Waals surface area contributed by atoms with Crippen molar-refractivity contribution in [2.24, 2.45) is 0 Å². The zero-order chi connectivity index (χ0) is 26.0. The van der Waals surface area contributed by atoms with E-state index >= 15 is 0 Å². The van der Waals surface area contributed by atoms with Crippen LogP contribution in [-0.4, -0.2) is 41.8 Å². The van der Waals surface area contributed by atoms with Crippen LogP contribution in [0.1, 0.15) is 37.3 Å². The van der Waals surface area contributed by atoms with Crippen LogP contribution >= 0.6 is 0 Å². The number of halogens is 3. The van der Waals surface area contributed by atoms with E-state index in [-0.39, 0.29) is 25.8 Å². The molecule has 1 aliphatic heterocycles. The predicted octanol–water partition coefficient (Wildman–Crippen LogP) is 1.81. The number of carbonyl (C=O) groups is 2. The van der Waals surface area contributed by atoms with Crippen molar-refractivity contribution in [3.63, 3.8) is 0 Å². The van der Waals surface area contributed by atoms with E-state index in [1.807, 2.05) is 10.3 Å². The number of aromatic nitrogens is 2. The standard InChI is InChI=1S/C22H25F3N4O6/c1-4-5-6-15(30)28-21(22(23,24)25)16-17(26-19(21)32)29(20(33)27-18(16)31)10-9-12-7-8-13(34-2)14(11-12)35-3/h7-8,11H,4-6,9-10H2,1-3H3,(H,26,32)(H,28,30)(H,27,31,33)/t21-/m0/s1. The Hall–Kier alpha value is -3.77. The molecule has 190 valence electrons. The lowest BCUT2D eigenvalue weighted by Crippen LogP contribution is -2.62. The average Bonchev–Trinajstić information content (AvgIpc) is 3.10. The smallest absolute Gasteiger partial charge is 0.425 e. The maximum absolute atomic E-state index is 14.3. The van der Waals surface area contributed by atoms with Gasteiger partial charge in [-0.15, -0.1) is 0 Å². The molecule has 0 bridgehead atoms. The number of ether oxygens (including phenoxy) is 2. The van der Waals surface area contributed by atoms with Crippen LogP contribution in [-0.2, 0) is 28.1 Å². The quantitative estimate of drug-likeness (QED) is 0.483. The number of benzene rings is 1. The number of alkyl halides is 3. The van der Waals surface area contributed by atoms with Gasteiger partial charge in [-0.1, -0.05) is 19.4 Å². The number of nitrogens with one attached hydrogen (secondary N) is 3. The number of rotatable bonds is 9. The summed E-state index contributed by atoms with van der Waals surface area (Å²) in [5, 5.41) is 3.73. The number of aromatic amines is 1. The van der Waals surface area contributed by atoms with Crippen LogP contribution in [0.25, 0.3) is 0 Å². The molecule has 0 saturated heterocycles. The van der Waals surface area contributed by atoms with Crippen LogP contribution in [0.3, 0.4) is 0 Å². The van der Waals surface area contributed by atoms with Crippen LogP contribution in [0.5, 0.6) is 11.5 Å². The first kappa shape index (κ1) is 25.8. The molecule has 3 rings (SSSR count). The van der Waals surface area contributed by atoms with Gasteiger partial charge in [-0.2, -0.15) is 13.2 Å². The molecule has 0 radical (unpaired) electrons. The third-order valence-electron chi connectivity index (χ3n) is 5.73. The summed E-state index contributed by atoms with van der Waals surface area (Å²) in [5.74, 6) is -2.46. The van der Waals surface area contributed by atoms with E-state index in [4.69, 9.17) is 9.47 Å². The molecule has 2 heterocycles. The second-order valence-corrected chi connectivity index (χ2v) is 7.93.